The van der Waals surface area contributed by atoms with Gasteiger partial charge in [0.05, 0.1) is 17.8 Å². The molecule has 1 heterocycles. The monoisotopic (exact) mass is 252 g/mol. The smallest absolute Gasteiger partial charge is 0.0965 e. The molecule has 0 aliphatic heterocycles. The van der Waals surface area contributed by atoms with Crippen molar-refractivity contribution in [1.29, 1.82) is 0 Å². The van der Waals surface area contributed by atoms with Crippen LogP contribution >= 0.6 is 0 Å². The van der Waals surface area contributed by atoms with Crippen molar-refractivity contribution in [2.24, 2.45) is 0 Å². The summed E-state index contributed by atoms with van der Waals surface area (Å²) in [5.74, 6) is 0. The zero-order valence-corrected chi connectivity index (χ0v) is 11.6. The van der Waals surface area contributed by atoms with Gasteiger partial charge in [-0.25, -0.2) is 4.68 Å². The van der Waals surface area contributed by atoms with Crippen LogP contribution in [-0.2, 0) is 13.1 Å². The Hall–Kier alpha value is -0.940. The van der Waals surface area contributed by atoms with Crippen molar-refractivity contribution in [1.82, 2.24) is 20.3 Å². The van der Waals surface area contributed by atoms with Crippen molar-refractivity contribution in [2.45, 2.75) is 70.7 Å². The second kappa shape index (κ2) is 4.97. The molecule has 1 saturated carbocycles. The van der Waals surface area contributed by atoms with Crippen LogP contribution in [0.4, 0.5) is 0 Å². The average Bonchev–Trinajstić information content (AvgIpc) is 2.84. The minimum atomic E-state index is -0.567. The third-order valence-corrected chi connectivity index (χ3v) is 3.38. The fourth-order valence-corrected chi connectivity index (χ4v) is 2.35. The van der Waals surface area contributed by atoms with Crippen LogP contribution in [0.3, 0.4) is 0 Å². The molecule has 1 aromatic heterocycles. The SMILES string of the molecule is CC(C)(C)NCc1cn(CC2(O)CCCC2)nn1. The standard InChI is InChI=1S/C13H24N4O/c1-12(2,3)14-8-11-9-17(16-15-11)10-13(18)6-4-5-7-13/h9,14,18H,4-8,10H2,1-3H3. The summed E-state index contributed by atoms with van der Waals surface area (Å²) < 4.78 is 1.77. The van der Waals surface area contributed by atoms with E-state index in [1.165, 1.54) is 0 Å². The van der Waals surface area contributed by atoms with Gasteiger partial charge in [-0.15, -0.1) is 5.10 Å². The predicted molar refractivity (Wildman–Crippen MR) is 70.0 cm³/mol. The fraction of sp³-hybridized carbons (Fsp3) is 0.846. The molecule has 18 heavy (non-hydrogen) atoms. The van der Waals surface area contributed by atoms with Crippen LogP contribution in [0.25, 0.3) is 0 Å². The highest BCUT2D eigenvalue weighted by Gasteiger charge is 2.31. The number of aromatic nitrogens is 3. The Morgan fingerprint density at radius 2 is 2.06 bits per heavy atom. The van der Waals surface area contributed by atoms with E-state index in [9.17, 15) is 5.11 Å². The van der Waals surface area contributed by atoms with Gasteiger partial charge in [0.1, 0.15) is 0 Å². The minimum Gasteiger partial charge on any atom is -0.388 e. The van der Waals surface area contributed by atoms with Crippen LogP contribution in [0, 0.1) is 0 Å². The third-order valence-electron chi connectivity index (χ3n) is 3.38. The van der Waals surface area contributed by atoms with Gasteiger partial charge in [0.2, 0.25) is 0 Å². The van der Waals surface area contributed by atoms with Crippen molar-refractivity contribution in [3.8, 4) is 0 Å². The molecule has 0 saturated heterocycles. The summed E-state index contributed by atoms with van der Waals surface area (Å²) >= 11 is 0. The third kappa shape index (κ3) is 3.78. The average molecular weight is 252 g/mol. The molecule has 0 unspecified atom stereocenters. The molecule has 2 rings (SSSR count). The molecule has 0 radical (unpaired) electrons. The lowest BCUT2D eigenvalue weighted by molar-refractivity contribution is 0.0260. The second-order valence-electron chi connectivity index (χ2n) is 6.44. The molecule has 0 amide bonds. The number of hydrogen-bond acceptors (Lipinski definition) is 4. The van der Waals surface area contributed by atoms with E-state index in [0.717, 1.165) is 31.4 Å². The van der Waals surface area contributed by atoms with Gasteiger partial charge in [0.25, 0.3) is 0 Å². The summed E-state index contributed by atoms with van der Waals surface area (Å²) in [6, 6.07) is 0. The molecule has 0 aromatic carbocycles. The van der Waals surface area contributed by atoms with E-state index in [0.29, 0.717) is 13.1 Å². The van der Waals surface area contributed by atoms with Gasteiger partial charge in [-0.3, -0.25) is 0 Å². The van der Waals surface area contributed by atoms with Crippen molar-refractivity contribution in [3.63, 3.8) is 0 Å². The molecule has 0 atom stereocenters. The predicted octanol–water partition coefficient (Wildman–Crippen LogP) is 1.47. The van der Waals surface area contributed by atoms with Crippen molar-refractivity contribution >= 4 is 0 Å². The second-order valence-corrected chi connectivity index (χ2v) is 6.44. The molecule has 0 spiro atoms. The molecule has 102 valence electrons. The van der Waals surface area contributed by atoms with Crippen LogP contribution in [-0.4, -0.2) is 31.2 Å². The Bertz CT molecular complexity index is 388. The van der Waals surface area contributed by atoms with E-state index in [1.807, 2.05) is 6.20 Å². The first-order chi connectivity index (χ1) is 8.36. The van der Waals surface area contributed by atoms with Crippen LogP contribution in [0.1, 0.15) is 52.1 Å². The summed E-state index contributed by atoms with van der Waals surface area (Å²) in [6.45, 7) is 7.65. The van der Waals surface area contributed by atoms with Gasteiger partial charge in [-0.05, 0) is 33.6 Å². The van der Waals surface area contributed by atoms with Crippen molar-refractivity contribution in [2.75, 3.05) is 0 Å². The normalized spacial score (nSPS) is 19.3. The largest absolute Gasteiger partial charge is 0.388 e. The summed E-state index contributed by atoms with van der Waals surface area (Å²) in [4.78, 5) is 0. The van der Waals surface area contributed by atoms with Gasteiger partial charge in [-0.2, -0.15) is 0 Å². The Morgan fingerprint density at radius 3 is 2.67 bits per heavy atom. The molecule has 2 N–H and O–H groups in total. The topological polar surface area (TPSA) is 63.0 Å². The fourth-order valence-electron chi connectivity index (χ4n) is 2.35. The molecular formula is C13H24N4O. The van der Waals surface area contributed by atoms with E-state index in [4.69, 9.17) is 0 Å². The number of nitrogens with one attached hydrogen (secondary N) is 1. The highest BCUT2D eigenvalue weighted by atomic mass is 16.3. The quantitative estimate of drug-likeness (QED) is 0.852. The molecule has 1 fully saturated rings. The van der Waals surface area contributed by atoms with E-state index >= 15 is 0 Å². The van der Waals surface area contributed by atoms with Gasteiger partial charge >= 0.3 is 0 Å². The highest BCUT2D eigenvalue weighted by molar-refractivity contribution is 4.95. The van der Waals surface area contributed by atoms with E-state index in [2.05, 4.69) is 36.4 Å². The lowest BCUT2D eigenvalue weighted by Gasteiger charge is -2.21. The summed E-state index contributed by atoms with van der Waals surface area (Å²) in [6.07, 6.45) is 5.91. The number of aliphatic hydroxyl groups is 1. The van der Waals surface area contributed by atoms with Gasteiger partial charge in [0, 0.05) is 18.3 Å². The van der Waals surface area contributed by atoms with Crippen LogP contribution in [0.15, 0.2) is 6.20 Å². The van der Waals surface area contributed by atoms with Crippen molar-refractivity contribution in [3.05, 3.63) is 11.9 Å². The van der Waals surface area contributed by atoms with Crippen LogP contribution in [0.5, 0.6) is 0 Å². The van der Waals surface area contributed by atoms with Crippen LogP contribution in [0.2, 0.25) is 0 Å². The first-order valence-corrected chi connectivity index (χ1v) is 6.73. The van der Waals surface area contributed by atoms with Crippen LogP contribution < -0.4 is 5.32 Å². The highest BCUT2D eigenvalue weighted by Crippen LogP contribution is 2.30. The molecule has 1 aromatic rings. The zero-order valence-electron chi connectivity index (χ0n) is 11.6. The molecule has 0 bridgehead atoms. The molecule has 5 heteroatoms. The van der Waals surface area contributed by atoms with E-state index < -0.39 is 5.60 Å². The maximum absolute atomic E-state index is 10.3. The Labute approximate surface area is 109 Å². The van der Waals surface area contributed by atoms with Gasteiger partial charge in [0.15, 0.2) is 0 Å². The van der Waals surface area contributed by atoms with Gasteiger partial charge < -0.3 is 10.4 Å². The summed E-state index contributed by atoms with van der Waals surface area (Å²) in [5, 5.41) is 21.9. The first-order valence-electron chi connectivity index (χ1n) is 6.73. The number of rotatable bonds is 4. The Balaban J connectivity index is 1.90. The first kappa shape index (κ1) is 13.5. The zero-order chi connectivity index (χ0) is 13.2. The lowest BCUT2D eigenvalue weighted by atomic mass is 10.0. The Kier molecular flexibility index (Phi) is 3.73. The molecular weight excluding hydrogens is 228 g/mol. The molecule has 5 nitrogen and oxygen atoms in total. The molecule has 1 aliphatic carbocycles. The number of hydrogen-bond donors (Lipinski definition) is 2. The van der Waals surface area contributed by atoms with Crippen molar-refractivity contribution < 1.29 is 5.11 Å². The number of nitrogens with zero attached hydrogens (tertiary/aromatic N) is 3. The molecule has 1 aliphatic rings. The maximum atomic E-state index is 10.3. The minimum absolute atomic E-state index is 0.0768. The lowest BCUT2D eigenvalue weighted by Crippen LogP contribution is -2.35. The summed E-state index contributed by atoms with van der Waals surface area (Å²) in [5.41, 5.74) is 0.432. The van der Waals surface area contributed by atoms with E-state index in [1.54, 1.807) is 4.68 Å². The summed E-state index contributed by atoms with van der Waals surface area (Å²) in [7, 11) is 0. The van der Waals surface area contributed by atoms with Gasteiger partial charge in [-0.1, -0.05) is 18.1 Å². The maximum Gasteiger partial charge on any atom is 0.0965 e. The van der Waals surface area contributed by atoms with E-state index in [-0.39, 0.29) is 5.54 Å². The Morgan fingerprint density at radius 1 is 1.39 bits per heavy atom.